The number of likely N-dealkylation sites (tertiary alicyclic amines) is 1. The van der Waals surface area contributed by atoms with Crippen molar-refractivity contribution in [2.24, 2.45) is 5.92 Å². The number of carbonyl (C=O) groups excluding carboxylic acids is 3. The standard InChI is InChI=1S/C34H38Cl2F2N2O6/c1-20(35)26(21(2)36)17-30(24-12-13-29(46-34(37)38)31(16-24)44-19-22-10-11-22)45-33(43)27-9-6-14-40(27)18-28(41)23-7-5-8-25(15-23)32(42)39(3)4/h5,7-8,12-13,15-16,22,27,30,34H,1,6,9-11,14,17-19H2,2-4H3/b26-21+/t27-,30-/m0/s1. The van der Waals surface area contributed by atoms with Gasteiger partial charge >= 0.3 is 12.6 Å². The smallest absolute Gasteiger partial charge is 0.387 e. The molecule has 0 N–H and O–H groups in total. The minimum atomic E-state index is -3.05. The fourth-order valence-electron chi connectivity index (χ4n) is 5.24. The largest absolute Gasteiger partial charge is 0.489 e. The van der Waals surface area contributed by atoms with E-state index in [4.69, 9.17) is 32.7 Å². The number of hydrogen-bond donors (Lipinski definition) is 0. The summed E-state index contributed by atoms with van der Waals surface area (Å²) in [5, 5.41) is 0.520. The number of benzene rings is 2. The first-order chi connectivity index (χ1) is 21.8. The van der Waals surface area contributed by atoms with Gasteiger partial charge in [0.15, 0.2) is 17.3 Å². The van der Waals surface area contributed by atoms with Crippen LogP contribution in [0.3, 0.4) is 0 Å². The van der Waals surface area contributed by atoms with Gasteiger partial charge in [0, 0.05) is 41.7 Å². The van der Waals surface area contributed by atoms with E-state index in [1.54, 1.807) is 50.2 Å². The number of carbonyl (C=O) groups is 3. The van der Waals surface area contributed by atoms with Gasteiger partial charge in [-0.25, -0.2) is 0 Å². The van der Waals surface area contributed by atoms with Crippen LogP contribution in [0.25, 0.3) is 0 Å². The molecule has 2 aromatic carbocycles. The van der Waals surface area contributed by atoms with E-state index in [1.165, 1.54) is 23.1 Å². The number of ether oxygens (including phenoxy) is 3. The third-order valence-electron chi connectivity index (χ3n) is 7.94. The van der Waals surface area contributed by atoms with E-state index in [0.717, 1.165) is 12.8 Å². The minimum absolute atomic E-state index is 0.0483. The van der Waals surface area contributed by atoms with Crippen LogP contribution < -0.4 is 9.47 Å². The Kier molecular flexibility index (Phi) is 12.2. The molecule has 2 fully saturated rings. The van der Waals surface area contributed by atoms with Gasteiger partial charge in [-0.2, -0.15) is 8.78 Å². The van der Waals surface area contributed by atoms with Gasteiger partial charge in [-0.1, -0.05) is 48.0 Å². The number of nitrogens with zero attached hydrogens (tertiary/aromatic N) is 2. The van der Waals surface area contributed by atoms with Gasteiger partial charge in [0.25, 0.3) is 5.91 Å². The Morgan fingerprint density at radius 2 is 1.76 bits per heavy atom. The Balaban J connectivity index is 1.56. The maximum absolute atomic E-state index is 13.7. The highest BCUT2D eigenvalue weighted by Crippen LogP contribution is 2.39. The number of allylic oxidation sites excluding steroid dienone is 2. The average molecular weight is 680 g/mol. The molecular formula is C34H38Cl2F2N2O6. The molecule has 12 heteroatoms. The summed E-state index contributed by atoms with van der Waals surface area (Å²) in [5.74, 6) is -0.709. The highest BCUT2D eigenvalue weighted by molar-refractivity contribution is 6.35. The predicted molar refractivity (Wildman–Crippen MR) is 172 cm³/mol. The highest BCUT2D eigenvalue weighted by atomic mass is 35.5. The van der Waals surface area contributed by atoms with Crippen molar-refractivity contribution < 1.29 is 37.4 Å². The van der Waals surface area contributed by atoms with E-state index in [9.17, 15) is 23.2 Å². The van der Waals surface area contributed by atoms with E-state index in [2.05, 4.69) is 11.3 Å². The molecule has 4 rings (SSSR count). The average Bonchev–Trinajstić information content (AvgIpc) is 3.73. The first-order valence-electron chi connectivity index (χ1n) is 15.0. The van der Waals surface area contributed by atoms with Crippen molar-refractivity contribution in [1.82, 2.24) is 9.80 Å². The topological polar surface area (TPSA) is 85.4 Å². The van der Waals surface area contributed by atoms with Crippen molar-refractivity contribution >= 4 is 40.9 Å². The highest BCUT2D eigenvalue weighted by Gasteiger charge is 2.35. The number of Topliss-reactive ketones (excluding diaryl/α,β-unsaturated/α-hetero) is 1. The minimum Gasteiger partial charge on any atom is -0.489 e. The second kappa shape index (κ2) is 15.9. The van der Waals surface area contributed by atoms with Crippen LogP contribution in [0.4, 0.5) is 8.78 Å². The number of halogens is 4. The Morgan fingerprint density at radius 1 is 1.04 bits per heavy atom. The Hall–Kier alpha value is -3.47. The first kappa shape index (κ1) is 35.4. The molecule has 1 aliphatic carbocycles. The number of hydrogen-bond acceptors (Lipinski definition) is 7. The molecule has 1 saturated carbocycles. The van der Waals surface area contributed by atoms with Crippen LogP contribution in [0.5, 0.6) is 11.5 Å². The lowest BCUT2D eigenvalue weighted by Gasteiger charge is -2.27. The zero-order valence-corrected chi connectivity index (χ0v) is 27.6. The second-order valence-corrected chi connectivity index (χ2v) is 12.7. The lowest BCUT2D eigenvalue weighted by atomic mass is 10.00. The third kappa shape index (κ3) is 9.53. The maximum Gasteiger partial charge on any atom is 0.387 e. The van der Waals surface area contributed by atoms with Crippen molar-refractivity contribution in [2.75, 3.05) is 33.8 Å². The molecule has 0 radical (unpaired) electrons. The van der Waals surface area contributed by atoms with Crippen molar-refractivity contribution in [3.63, 3.8) is 0 Å². The van der Waals surface area contributed by atoms with E-state index >= 15 is 0 Å². The van der Waals surface area contributed by atoms with Gasteiger partial charge < -0.3 is 19.1 Å². The Morgan fingerprint density at radius 3 is 2.39 bits per heavy atom. The SMILES string of the molecule is C=C(Cl)/C(C[C@H](OC(=O)[C@@H]1CCCN1CC(=O)c1cccc(C(=O)N(C)C)c1)c1ccc(OC(F)F)c(OCC2CC2)c1)=C(\C)Cl. The van der Waals surface area contributed by atoms with Gasteiger partial charge in [-0.05, 0) is 80.5 Å². The fourth-order valence-corrected chi connectivity index (χ4v) is 5.69. The van der Waals surface area contributed by atoms with Gasteiger partial charge in [0.1, 0.15) is 12.1 Å². The van der Waals surface area contributed by atoms with Crippen LogP contribution in [-0.2, 0) is 9.53 Å². The van der Waals surface area contributed by atoms with Gasteiger partial charge in [0.2, 0.25) is 0 Å². The molecule has 2 aliphatic rings. The van der Waals surface area contributed by atoms with Gasteiger partial charge in [-0.3, -0.25) is 19.3 Å². The molecule has 0 aromatic heterocycles. The van der Waals surface area contributed by atoms with Crippen LogP contribution in [-0.4, -0.2) is 73.9 Å². The summed E-state index contributed by atoms with van der Waals surface area (Å²) in [7, 11) is 3.27. The van der Waals surface area contributed by atoms with Crippen molar-refractivity contribution in [2.45, 2.75) is 57.8 Å². The number of ketones is 1. The third-order valence-corrected chi connectivity index (χ3v) is 8.39. The molecule has 2 aromatic rings. The Bertz CT molecular complexity index is 1490. The van der Waals surface area contributed by atoms with Gasteiger partial charge in [0.05, 0.1) is 13.2 Å². The van der Waals surface area contributed by atoms with Crippen molar-refractivity contribution in [3.8, 4) is 11.5 Å². The number of amides is 1. The quantitative estimate of drug-likeness (QED) is 0.111. The molecule has 1 saturated heterocycles. The molecule has 0 bridgehead atoms. The maximum atomic E-state index is 13.7. The lowest BCUT2D eigenvalue weighted by Crippen LogP contribution is -2.40. The molecule has 0 unspecified atom stereocenters. The zero-order chi connectivity index (χ0) is 33.5. The Labute approximate surface area is 277 Å². The lowest BCUT2D eigenvalue weighted by molar-refractivity contribution is -0.154. The van der Waals surface area contributed by atoms with Crippen LogP contribution >= 0.6 is 23.2 Å². The number of alkyl halides is 2. The van der Waals surface area contributed by atoms with Crippen molar-refractivity contribution in [3.05, 3.63) is 81.4 Å². The molecule has 1 heterocycles. The molecule has 2 atom stereocenters. The van der Waals surface area contributed by atoms with E-state index in [0.29, 0.717) is 59.2 Å². The zero-order valence-electron chi connectivity index (χ0n) is 26.1. The van der Waals surface area contributed by atoms with Crippen LogP contribution in [0, 0.1) is 5.92 Å². The van der Waals surface area contributed by atoms with Crippen molar-refractivity contribution in [1.29, 1.82) is 0 Å². The predicted octanol–water partition coefficient (Wildman–Crippen LogP) is 7.37. The molecule has 248 valence electrons. The fraction of sp³-hybridized carbons (Fsp3) is 0.441. The summed E-state index contributed by atoms with van der Waals surface area (Å²) in [6, 6.07) is 10.2. The van der Waals surface area contributed by atoms with Crippen LogP contribution in [0.1, 0.15) is 71.4 Å². The number of rotatable bonds is 15. The number of esters is 1. The molecule has 8 nitrogen and oxygen atoms in total. The van der Waals surface area contributed by atoms with Crippen LogP contribution in [0.15, 0.2) is 64.7 Å². The molecule has 0 spiro atoms. The van der Waals surface area contributed by atoms with E-state index in [1.807, 2.05) is 0 Å². The van der Waals surface area contributed by atoms with Crippen LogP contribution in [0.2, 0.25) is 0 Å². The second-order valence-electron chi connectivity index (χ2n) is 11.7. The summed E-state index contributed by atoms with van der Waals surface area (Å²) >= 11 is 12.6. The molecule has 46 heavy (non-hydrogen) atoms. The summed E-state index contributed by atoms with van der Waals surface area (Å²) in [4.78, 5) is 42.6. The van der Waals surface area contributed by atoms with E-state index in [-0.39, 0.29) is 41.2 Å². The normalized spacial score (nSPS) is 17.7. The summed E-state index contributed by atoms with van der Waals surface area (Å²) in [6.45, 7) is 3.16. The summed E-state index contributed by atoms with van der Waals surface area (Å²) < 4.78 is 42.9. The molecule has 1 amide bonds. The molecular weight excluding hydrogens is 641 g/mol. The van der Waals surface area contributed by atoms with Gasteiger partial charge in [-0.15, -0.1) is 0 Å². The van der Waals surface area contributed by atoms with E-state index < -0.39 is 24.7 Å². The monoisotopic (exact) mass is 678 g/mol. The first-order valence-corrected chi connectivity index (χ1v) is 15.8. The summed E-state index contributed by atoms with van der Waals surface area (Å²) in [6.07, 6.45) is 2.23. The molecule has 1 aliphatic heterocycles. The summed E-state index contributed by atoms with van der Waals surface area (Å²) in [5.41, 5.74) is 1.67.